The van der Waals surface area contributed by atoms with Gasteiger partial charge < -0.3 is 10.6 Å². The molecule has 0 unspecified atom stereocenters. The van der Waals surface area contributed by atoms with Crippen molar-refractivity contribution in [1.82, 2.24) is 10.3 Å². The Morgan fingerprint density at radius 3 is 2.65 bits per heavy atom. The van der Waals surface area contributed by atoms with Crippen molar-refractivity contribution in [3.63, 3.8) is 0 Å². The summed E-state index contributed by atoms with van der Waals surface area (Å²) in [6.07, 6.45) is 2.41. The van der Waals surface area contributed by atoms with Crippen LogP contribution in [0.1, 0.15) is 22.8 Å². The van der Waals surface area contributed by atoms with Crippen molar-refractivity contribution in [2.75, 3.05) is 11.9 Å². The third-order valence-electron chi connectivity index (χ3n) is 2.81. The van der Waals surface area contributed by atoms with Crippen LogP contribution < -0.4 is 10.6 Å². The number of hydrogen-bond donors (Lipinski definition) is 2. The Balaban J connectivity index is 2.03. The van der Waals surface area contributed by atoms with Gasteiger partial charge in [-0.05, 0) is 30.3 Å². The van der Waals surface area contributed by atoms with Gasteiger partial charge in [0.25, 0.3) is 5.91 Å². The van der Waals surface area contributed by atoms with Crippen LogP contribution >= 0.6 is 0 Å². The second kappa shape index (κ2) is 6.77. The number of hydrogen-bond acceptors (Lipinski definition) is 3. The molecule has 0 spiro atoms. The number of rotatable bonds is 5. The normalized spacial score (nSPS) is 10.3. The van der Waals surface area contributed by atoms with Crippen molar-refractivity contribution in [2.45, 2.75) is 13.5 Å². The number of anilines is 1. The fraction of sp³-hybridized carbons (Fsp3) is 0.200. The number of carbonyl (C=O) groups excluding carboxylic acids is 1. The van der Waals surface area contributed by atoms with Crippen LogP contribution in [0.3, 0.4) is 0 Å². The van der Waals surface area contributed by atoms with Gasteiger partial charge in [-0.15, -0.1) is 0 Å². The Morgan fingerprint density at radius 1 is 1.25 bits per heavy atom. The van der Waals surface area contributed by atoms with Gasteiger partial charge in [0.2, 0.25) is 0 Å². The summed E-state index contributed by atoms with van der Waals surface area (Å²) in [5, 5.41) is 5.87. The second-order valence-corrected chi connectivity index (χ2v) is 4.29. The van der Waals surface area contributed by atoms with Crippen molar-refractivity contribution < 1.29 is 9.18 Å². The summed E-state index contributed by atoms with van der Waals surface area (Å²) in [5.74, 6) is -1.11. The standard InChI is InChI=1S/C15H16FN3O/c1-2-17-9-11-3-5-12(6-4-11)19-15(20)13-7-8-18-10-14(13)16/h3-8,10,17H,2,9H2,1H3,(H,19,20). The van der Waals surface area contributed by atoms with E-state index in [0.717, 1.165) is 24.8 Å². The lowest BCUT2D eigenvalue weighted by atomic mass is 10.2. The number of nitrogens with zero attached hydrogens (tertiary/aromatic N) is 1. The predicted octanol–water partition coefficient (Wildman–Crippen LogP) is 2.58. The summed E-state index contributed by atoms with van der Waals surface area (Å²) < 4.78 is 13.4. The second-order valence-electron chi connectivity index (χ2n) is 4.29. The molecule has 0 fully saturated rings. The predicted molar refractivity (Wildman–Crippen MR) is 76.0 cm³/mol. The van der Waals surface area contributed by atoms with Gasteiger partial charge in [0, 0.05) is 18.4 Å². The minimum atomic E-state index is -0.631. The molecule has 0 saturated heterocycles. The van der Waals surface area contributed by atoms with Crippen LogP contribution in [0, 0.1) is 5.82 Å². The van der Waals surface area contributed by atoms with Crippen molar-refractivity contribution in [2.24, 2.45) is 0 Å². The van der Waals surface area contributed by atoms with Gasteiger partial charge in [-0.1, -0.05) is 19.1 Å². The van der Waals surface area contributed by atoms with Gasteiger partial charge in [0.05, 0.1) is 11.8 Å². The third kappa shape index (κ3) is 3.61. The number of pyridine rings is 1. The molecule has 0 aliphatic rings. The van der Waals surface area contributed by atoms with E-state index >= 15 is 0 Å². The first kappa shape index (κ1) is 14.1. The highest BCUT2D eigenvalue weighted by Gasteiger charge is 2.11. The molecule has 1 aromatic heterocycles. The first-order valence-electron chi connectivity index (χ1n) is 6.41. The molecule has 104 valence electrons. The molecule has 0 saturated carbocycles. The zero-order valence-corrected chi connectivity index (χ0v) is 11.2. The highest BCUT2D eigenvalue weighted by Crippen LogP contribution is 2.12. The summed E-state index contributed by atoms with van der Waals surface area (Å²) in [5.41, 5.74) is 1.74. The van der Waals surface area contributed by atoms with Crippen molar-refractivity contribution >= 4 is 11.6 Å². The molecule has 2 N–H and O–H groups in total. The average Bonchev–Trinajstić information content (AvgIpc) is 2.47. The van der Waals surface area contributed by atoms with Crippen molar-refractivity contribution in [3.8, 4) is 0 Å². The SMILES string of the molecule is CCNCc1ccc(NC(=O)c2ccncc2F)cc1. The van der Waals surface area contributed by atoms with Crippen LogP contribution in [0.15, 0.2) is 42.7 Å². The lowest BCUT2D eigenvalue weighted by Gasteiger charge is -2.07. The highest BCUT2D eigenvalue weighted by molar-refractivity contribution is 6.04. The minimum absolute atomic E-state index is 0.0169. The Morgan fingerprint density at radius 2 is 2.00 bits per heavy atom. The third-order valence-corrected chi connectivity index (χ3v) is 2.81. The highest BCUT2D eigenvalue weighted by atomic mass is 19.1. The van der Waals surface area contributed by atoms with Gasteiger partial charge in [0.15, 0.2) is 5.82 Å². The van der Waals surface area contributed by atoms with E-state index in [1.54, 1.807) is 12.1 Å². The molecule has 5 heteroatoms. The molecule has 2 rings (SSSR count). The van der Waals surface area contributed by atoms with Gasteiger partial charge in [-0.25, -0.2) is 4.39 Å². The summed E-state index contributed by atoms with van der Waals surface area (Å²) in [7, 11) is 0. The first-order chi connectivity index (χ1) is 9.70. The Bertz CT molecular complexity index is 584. The molecule has 4 nitrogen and oxygen atoms in total. The molecular formula is C15H16FN3O. The van der Waals surface area contributed by atoms with Gasteiger partial charge >= 0.3 is 0 Å². The fourth-order valence-corrected chi connectivity index (χ4v) is 1.73. The largest absolute Gasteiger partial charge is 0.322 e. The lowest BCUT2D eigenvalue weighted by molar-refractivity contribution is 0.102. The molecular weight excluding hydrogens is 257 g/mol. The Labute approximate surface area is 117 Å². The van der Waals surface area contributed by atoms with Crippen LogP contribution in [0.2, 0.25) is 0 Å². The number of amides is 1. The van der Waals surface area contributed by atoms with E-state index in [9.17, 15) is 9.18 Å². The van der Waals surface area contributed by atoms with Crippen molar-refractivity contribution in [1.29, 1.82) is 0 Å². The molecule has 0 bridgehead atoms. The molecule has 0 aliphatic carbocycles. The van der Waals surface area contributed by atoms with Crippen LogP contribution in [0.4, 0.5) is 10.1 Å². The zero-order valence-electron chi connectivity index (χ0n) is 11.2. The van der Waals surface area contributed by atoms with Crippen molar-refractivity contribution in [3.05, 3.63) is 59.7 Å². The van der Waals surface area contributed by atoms with E-state index in [1.165, 1.54) is 12.3 Å². The Kier molecular flexibility index (Phi) is 4.79. The van der Waals surface area contributed by atoms with Crippen LogP contribution in [-0.4, -0.2) is 17.4 Å². The average molecular weight is 273 g/mol. The summed E-state index contributed by atoms with van der Waals surface area (Å²) in [4.78, 5) is 15.5. The summed E-state index contributed by atoms with van der Waals surface area (Å²) in [6.45, 7) is 3.72. The van der Waals surface area contributed by atoms with E-state index < -0.39 is 11.7 Å². The molecule has 1 amide bonds. The van der Waals surface area contributed by atoms with E-state index in [0.29, 0.717) is 5.69 Å². The molecule has 0 aliphatic heterocycles. The smallest absolute Gasteiger partial charge is 0.258 e. The summed E-state index contributed by atoms with van der Waals surface area (Å²) in [6, 6.07) is 8.78. The van der Waals surface area contributed by atoms with Gasteiger partial charge in [-0.2, -0.15) is 0 Å². The van der Waals surface area contributed by atoms with Crippen LogP contribution in [0.5, 0.6) is 0 Å². The maximum Gasteiger partial charge on any atom is 0.258 e. The van der Waals surface area contributed by atoms with Gasteiger partial charge in [-0.3, -0.25) is 9.78 Å². The lowest BCUT2D eigenvalue weighted by Crippen LogP contribution is -2.14. The molecule has 1 aromatic carbocycles. The minimum Gasteiger partial charge on any atom is -0.322 e. The van der Waals surface area contributed by atoms with Gasteiger partial charge in [0.1, 0.15) is 0 Å². The van der Waals surface area contributed by atoms with Crippen LogP contribution in [0.25, 0.3) is 0 Å². The maximum absolute atomic E-state index is 13.4. The monoisotopic (exact) mass is 273 g/mol. The van der Waals surface area contributed by atoms with E-state index in [-0.39, 0.29) is 5.56 Å². The number of benzene rings is 1. The van der Waals surface area contributed by atoms with E-state index in [2.05, 4.69) is 15.6 Å². The maximum atomic E-state index is 13.4. The van der Waals surface area contributed by atoms with E-state index in [1.807, 2.05) is 19.1 Å². The quantitative estimate of drug-likeness (QED) is 0.880. The van der Waals surface area contributed by atoms with E-state index in [4.69, 9.17) is 0 Å². The summed E-state index contributed by atoms with van der Waals surface area (Å²) >= 11 is 0. The topological polar surface area (TPSA) is 54.0 Å². The first-order valence-corrected chi connectivity index (χ1v) is 6.41. The number of halogens is 1. The molecule has 1 heterocycles. The zero-order chi connectivity index (χ0) is 14.4. The fourth-order valence-electron chi connectivity index (χ4n) is 1.73. The molecule has 0 radical (unpaired) electrons. The molecule has 2 aromatic rings. The number of aromatic nitrogens is 1. The number of nitrogens with one attached hydrogen (secondary N) is 2. The molecule has 0 atom stereocenters. The van der Waals surface area contributed by atoms with Crippen LogP contribution in [-0.2, 0) is 6.54 Å². The molecule has 20 heavy (non-hydrogen) atoms. The Hall–Kier alpha value is -2.27. The number of carbonyl (C=O) groups is 1.